The summed E-state index contributed by atoms with van der Waals surface area (Å²) in [6.45, 7) is 0. The lowest BCUT2D eigenvalue weighted by atomic mass is 10.0. The van der Waals surface area contributed by atoms with Crippen molar-refractivity contribution < 1.29 is 18.3 Å². The van der Waals surface area contributed by atoms with Gasteiger partial charge >= 0.3 is 5.69 Å². The van der Waals surface area contributed by atoms with Crippen molar-refractivity contribution in [3.05, 3.63) is 87.9 Å². The van der Waals surface area contributed by atoms with Gasteiger partial charge in [0.15, 0.2) is 17.3 Å². The van der Waals surface area contributed by atoms with Gasteiger partial charge in [0.1, 0.15) is 23.5 Å². The number of nitrogens with one attached hydrogen (secondary N) is 3. The van der Waals surface area contributed by atoms with Crippen molar-refractivity contribution in [3.8, 4) is 17.4 Å². The van der Waals surface area contributed by atoms with E-state index in [1.54, 1.807) is 6.07 Å². The van der Waals surface area contributed by atoms with Gasteiger partial charge in [0, 0.05) is 29.6 Å². The topological polar surface area (TPSA) is 157 Å². The molecule has 0 fully saturated rings. The van der Waals surface area contributed by atoms with E-state index in [9.17, 15) is 9.18 Å². The molecular formula is C22H20F2N8O3. The summed E-state index contributed by atoms with van der Waals surface area (Å²) >= 11 is 0. The molecule has 0 saturated carbocycles. The van der Waals surface area contributed by atoms with Crippen molar-refractivity contribution in [2.24, 2.45) is 5.73 Å². The van der Waals surface area contributed by atoms with Crippen LogP contribution in [0.15, 0.2) is 53.6 Å². The number of H-pyrrole nitrogens is 1. The van der Waals surface area contributed by atoms with Gasteiger partial charge < -0.3 is 20.5 Å². The molecule has 0 spiro atoms. The number of aromatic nitrogens is 5. The van der Waals surface area contributed by atoms with Gasteiger partial charge in [-0.25, -0.2) is 23.5 Å². The minimum absolute atomic E-state index is 0.0106. The first kappa shape index (κ1) is 23.4. The van der Waals surface area contributed by atoms with Crippen molar-refractivity contribution in [1.82, 2.24) is 24.7 Å². The van der Waals surface area contributed by atoms with Crippen LogP contribution in [-0.2, 0) is 0 Å². The highest BCUT2D eigenvalue weighted by atomic mass is 19.1. The van der Waals surface area contributed by atoms with Crippen molar-refractivity contribution >= 4 is 11.5 Å². The van der Waals surface area contributed by atoms with Gasteiger partial charge in [-0.15, -0.1) is 9.78 Å². The number of nitrogens with two attached hydrogens (primary N) is 1. The largest absolute Gasteiger partial charge is 0.493 e. The number of hydrogen-bond donors (Lipinski definition) is 4. The number of aromatic amines is 1. The lowest BCUT2D eigenvalue weighted by molar-refractivity contribution is 0.351. The summed E-state index contributed by atoms with van der Waals surface area (Å²) in [6, 6.07) is 6.66. The highest BCUT2D eigenvalue weighted by Crippen LogP contribution is 2.35. The molecule has 4 aromatic rings. The van der Waals surface area contributed by atoms with Gasteiger partial charge in [-0.05, 0) is 30.3 Å². The summed E-state index contributed by atoms with van der Waals surface area (Å²) in [6.07, 6.45) is 2.86. The molecule has 2 aromatic carbocycles. The molecule has 35 heavy (non-hydrogen) atoms. The Kier molecular flexibility index (Phi) is 6.40. The molecule has 0 radical (unpaired) electrons. The number of benzene rings is 2. The Morgan fingerprint density at radius 1 is 1.11 bits per heavy atom. The lowest BCUT2D eigenvalue weighted by Crippen LogP contribution is -2.18. The molecule has 0 aliphatic rings. The van der Waals surface area contributed by atoms with Crippen LogP contribution in [0.2, 0.25) is 0 Å². The van der Waals surface area contributed by atoms with E-state index in [2.05, 4.69) is 25.4 Å². The number of methoxy groups -OCH3 is 2. The zero-order chi connectivity index (χ0) is 25.1. The van der Waals surface area contributed by atoms with Crippen molar-refractivity contribution in [3.63, 3.8) is 0 Å². The van der Waals surface area contributed by atoms with Crippen LogP contribution >= 0.6 is 0 Å². The molecule has 1 unspecified atom stereocenters. The zero-order valence-electron chi connectivity index (χ0n) is 18.5. The third-order valence-corrected chi connectivity index (χ3v) is 5.04. The fourth-order valence-corrected chi connectivity index (χ4v) is 3.35. The third-order valence-electron chi connectivity index (χ3n) is 5.04. The Morgan fingerprint density at radius 2 is 1.80 bits per heavy atom. The molecule has 0 aliphatic carbocycles. The number of amidine groups is 1. The maximum absolute atomic E-state index is 15.2. The smallest absolute Gasteiger partial charge is 0.350 e. The fourth-order valence-electron chi connectivity index (χ4n) is 3.35. The van der Waals surface area contributed by atoms with Gasteiger partial charge in [-0.3, -0.25) is 10.4 Å². The van der Waals surface area contributed by atoms with Crippen LogP contribution in [0, 0.1) is 17.0 Å². The van der Waals surface area contributed by atoms with Crippen LogP contribution in [0.5, 0.6) is 11.5 Å². The Bertz CT molecular complexity index is 1440. The molecule has 0 aliphatic heterocycles. The molecule has 13 heteroatoms. The number of rotatable bonds is 8. The van der Waals surface area contributed by atoms with E-state index in [1.807, 2.05) is 0 Å². The van der Waals surface area contributed by atoms with Gasteiger partial charge in [0.25, 0.3) is 5.95 Å². The average molecular weight is 482 g/mol. The molecule has 2 heterocycles. The fraction of sp³-hybridized carbons (Fsp3) is 0.136. The number of hydrogen-bond acceptors (Lipinski definition) is 8. The highest BCUT2D eigenvalue weighted by Gasteiger charge is 2.26. The van der Waals surface area contributed by atoms with Crippen molar-refractivity contribution in [1.29, 1.82) is 5.41 Å². The van der Waals surface area contributed by atoms with Crippen LogP contribution in [0.3, 0.4) is 0 Å². The maximum Gasteiger partial charge on any atom is 0.350 e. The molecule has 0 amide bonds. The predicted molar refractivity (Wildman–Crippen MR) is 122 cm³/mol. The second-order valence-electron chi connectivity index (χ2n) is 7.19. The number of halogens is 2. The molecular weight excluding hydrogens is 462 g/mol. The van der Waals surface area contributed by atoms with Crippen LogP contribution < -0.4 is 26.2 Å². The first-order chi connectivity index (χ1) is 16.8. The zero-order valence-corrected chi connectivity index (χ0v) is 18.5. The molecule has 0 bridgehead atoms. The molecule has 11 nitrogen and oxygen atoms in total. The van der Waals surface area contributed by atoms with Crippen molar-refractivity contribution in [2.45, 2.75) is 6.04 Å². The highest BCUT2D eigenvalue weighted by molar-refractivity contribution is 5.95. The maximum atomic E-state index is 15.2. The van der Waals surface area contributed by atoms with E-state index in [-0.39, 0.29) is 45.9 Å². The summed E-state index contributed by atoms with van der Waals surface area (Å²) < 4.78 is 41.4. The summed E-state index contributed by atoms with van der Waals surface area (Å²) in [7, 11) is 2.74. The standard InChI is InChI=1S/C22H20F2N8O3/c1-34-16-9-12(13(23)10-17(16)35-2)18(29-15-5-4-11(19(25)26)8-14(15)24)20-30-22(33)32(31-20)21-27-6-3-7-28-21/h3-10,18,29H,1-2H3,(H3,25,26)(H,30,31,33). The van der Waals surface area contributed by atoms with Gasteiger partial charge in [0.05, 0.1) is 19.9 Å². The van der Waals surface area contributed by atoms with E-state index in [0.29, 0.717) is 0 Å². The number of nitrogens with zero attached hydrogens (tertiary/aromatic N) is 4. The van der Waals surface area contributed by atoms with Crippen LogP contribution in [-0.4, -0.2) is 44.8 Å². The number of nitrogen functional groups attached to an aromatic ring is 1. The van der Waals surface area contributed by atoms with Gasteiger partial charge in [-0.2, -0.15) is 0 Å². The third kappa shape index (κ3) is 4.64. The second-order valence-corrected chi connectivity index (χ2v) is 7.19. The SMILES string of the molecule is COc1cc(F)c(C(Nc2ccc(C(=N)N)cc2F)c2nn(-c3ncccn3)c(=O)[nH]2)cc1OC. The Balaban J connectivity index is 1.86. The Morgan fingerprint density at radius 3 is 2.43 bits per heavy atom. The van der Waals surface area contributed by atoms with E-state index in [4.69, 9.17) is 20.6 Å². The first-order valence-electron chi connectivity index (χ1n) is 10.1. The quantitative estimate of drug-likeness (QED) is 0.220. The molecule has 1 atom stereocenters. The van der Waals surface area contributed by atoms with E-state index in [1.165, 1.54) is 44.8 Å². The predicted octanol–water partition coefficient (Wildman–Crippen LogP) is 2.13. The number of ether oxygens (including phenoxy) is 2. The first-order valence-corrected chi connectivity index (χ1v) is 10.1. The minimum Gasteiger partial charge on any atom is -0.493 e. The van der Waals surface area contributed by atoms with E-state index < -0.39 is 23.4 Å². The monoisotopic (exact) mass is 482 g/mol. The van der Waals surface area contributed by atoms with Gasteiger partial charge in [-0.1, -0.05) is 0 Å². The summed E-state index contributed by atoms with van der Waals surface area (Å²) in [5, 5.41) is 14.6. The van der Waals surface area contributed by atoms with Crippen LogP contribution in [0.25, 0.3) is 5.95 Å². The van der Waals surface area contributed by atoms with E-state index in [0.717, 1.165) is 16.8 Å². The van der Waals surface area contributed by atoms with E-state index >= 15 is 4.39 Å². The molecule has 2 aromatic heterocycles. The molecule has 180 valence electrons. The van der Waals surface area contributed by atoms with Gasteiger partial charge in [0.2, 0.25) is 0 Å². The lowest BCUT2D eigenvalue weighted by Gasteiger charge is -2.21. The molecule has 0 saturated heterocycles. The Hall–Kier alpha value is -4.81. The minimum atomic E-state index is -1.19. The molecule has 5 N–H and O–H groups in total. The summed E-state index contributed by atoms with van der Waals surface area (Å²) in [5.41, 5.74) is 4.83. The van der Waals surface area contributed by atoms with Crippen LogP contribution in [0.4, 0.5) is 14.5 Å². The van der Waals surface area contributed by atoms with Crippen LogP contribution in [0.1, 0.15) is 23.0 Å². The second kappa shape index (κ2) is 9.59. The Labute approximate surface area is 197 Å². The summed E-state index contributed by atoms with van der Waals surface area (Å²) in [4.78, 5) is 23.1. The normalized spacial score (nSPS) is 11.7. The summed E-state index contributed by atoms with van der Waals surface area (Å²) in [5.74, 6) is -1.52. The molecule has 4 rings (SSSR count). The number of anilines is 1. The average Bonchev–Trinajstić information content (AvgIpc) is 3.25. The van der Waals surface area contributed by atoms with Crippen molar-refractivity contribution in [2.75, 3.05) is 19.5 Å².